The lowest BCUT2D eigenvalue weighted by molar-refractivity contribution is -0.116. The molecule has 5 heteroatoms. The van der Waals surface area contributed by atoms with Crippen LogP contribution in [-0.4, -0.2) is 30.4 Å². The van der Waals surface area contributed by atoms with Crippen molar-refractivity contribution in [2.45, 2.75) is 25.7 Å². The molecule has 1 amide bonds. The minimum atomic E-state index is 0.00362. The fourth-order valence-electron chi connectivity index (χ4n) is 2.29. The zero-order chi connectivity index (χ0) is 13.7. The Morgan fingerprint density at radius 1 is 1.11 bits per heavy atom. The number of anilines is 1. The number of carbonyl (C=O) groups excluding carboxylic acids is 1. The van der Waals surface area contributed by atoms with Gasteiger partial charge in [0.05, 0.1) is 0 Å². The summed E-state index contributed by atoms with van der Waals surface area (Å²) in [5.41, 5.74) is 0.654. The molecule has 0 aliphatic carbocycles. The highest BCUT2D eigenvalue weighted by atomic mass is 35.5. The number of piperidine rings is 1. The summed E-state index contributed by atoms with van der Waals surface area (Å²) < 4.78 is 0. The van der Waals surface area contributed by atoms with E-state index in [2.05, 4.69) is 10.2 Å². The second-order valence-electron chi connectivity index (χ2n) is 4.86. The second-order valence-corrected chi connectivity index (χ2v) is 5.73. The molecule has 0 atom stereocenters. The van der Waals surface area contributed by atoms with Crippen molar-refractivity contribution < 1.29 is 4.79 Å². The van der Waals surface area contributed by atoms with Gasteiger partial charge in [-0.15, -0.1) is 0 Å². The van der Waals surface area contributed by atoms with Crippen molar-refractivity contribution >= 4 is 34.8 Å². The number of amides is 1. The van der Waals surface area contributed by atoms with Crippen molar-refractivity contribution in [3.8, 4) is 0 Å². The molecule has 104 valence electrons. The van der Waals surface area contributed by atoms with Crippen LogP contribution < -0.4 is 5.32 Å². The van der Waals surface area contributed by atoms with E-state index in [0.717, 1.165) is 19.6 Å². The molecular weight excluding hydrogens is 283 g/mol. The molecule has 1 N–H and O–H groups in total. The van der Waals surface area contributed by atoms with Crippen molar-refractivity contribution in [2.24, 2.45) is 0 Å². The Morgan fingerprint density at radius 2 is 1.74 bits per heavy atom. The van der Waals surface area contributed by atoms with E-state index in [9.17, 15) is 4.79 Å². The summed E-state index contributed by atoms with van der Waals surface area (Å²) in [5.74, 6) is 0.00362. The Kier molecular flexibility index (Phi) is 5.49. The minimum absolute atomic E-state index is 0.00362. The predicted molar refractivity (Wildman–Crippen MR) is 80.0 cm³/mol. The topological polar surface area (TPSA) is 32.3 Å². The Bertz CT molecular complexity index is 425. The molecule has 0 radical (unpaired) electrons. The third kappa shape index (κ3) is 5.01. The summed E-state index contributed by atoms with van der Waals surface area (Å²) in [4.78, 5) is 14.2. The molecule has 1 aliphatic heterocycles. The fourth-order valence-corrected chi connectivity index (χ4v) is 2.82. The molecule has 0 saturated carbocycles. The summed E-state index contributed by atoms with van der Waals surface area (Å²) in [7, 11) is 0. The molecule has 1 aromatic rings. The third-order valence-electron chi connectivity index (χ3n) is 3.25. The molecule has 1 fully saturated rings. The van der Waals surface area contributed by atoms with E-state index in [1.807, 2.05) is 0 Å². The van der Waals surface area contributed by atoms with Crippen LogP contribution in [0.4, 0.5) is 5.69 Å². The Balaban J connectivity index is 1.80. The maximum Gasteiger partial charge on any atom is 0.225 e. The van der Waals surface area contributed by atoms with Gasteiger partial charge in [-0.1, -0.05) is 29.6 Å². The number of benzene rings is 1. The quantitative estimate of drug-likeness (QED) is 0.917. The summed E-state index contributed by atoms with van der Waals surface area (Å²) in [6, 6.07) is 5.05. The van der Waals surface area contributed by atoms with Crippen molar-refractivity contribution in [3.05, 3.63) is 28.2 Å². The van der Waals surface area contributed by atoms with E-state index >= 15 is 0 Å². The van der Waals surface area contributed by atoms with Gasteiger partial charge in [-0.25, -0.2) is 0 Å². The summed E-state index contributed by atoms with van der Waals surface area (Å²) in [6.45, 7) is 3.03. The van der Waals surface area contributed by atoms with Gasteiger partial charge >= 0.3 is 0 Å². The molecule has 1 saturated heterocycles. The van der Waals surface area contributed by atoms with Gasteiger partial charge in [0, 0.05) is 28.7 Å². The summed E-state index contributed by atoms with van der Waals surface area (Å²) >= 11 is 11.8. The van der Waals surface area contributed by atoms with Gasteiger partial charge in [0.25, 0.3) is 0 Å². The molecule has 0 bridgehead atoms. The van der Waals surface area contributed by atoms with Crippen molar-refractivity contribution in [2.75, 3.05) is 25.0 Å². The highest BCUT2D eigenvalue weighted by molar-refractivity contribution is 6.35. The van der Waals surface area contributed by atoms with E-state index in [1.54, 1.807) is 18.2 Å². The maximum atomic E-state index is 11.9. The van der Waals surface area contributed by atoms with E-state index in [0.29, 0.717) is 22.2 Å². The minimum Gasteiger partial charge on any atom is -0.326 e. The van der Waals surface area contributed by atoms with Gasteiger partial charge in [0.2, 0.25) is 5.91 Å². The van der Waals surface area contributed by atoms with Gasteiger partial charge in [0.1, 0.15) is 0 Å². The average molecular weight is 301 g/mol. The number of halogens is 2. The first-order chi connectivity index (χ1) is 9.13. The van der Waals surface area contributed by atoms with Crippen molar-refractivity contribution in [1.29, 1.82) is 0 Å². The van der Waals surface area contributed by atoms with Gasteiger partial charge in [-0.05, 0) is 44.1 Å². The van der Waals surface area contributed by atoms with Crippen LogP contribution in [0.2, 0.25) is 10.0 Å². The van der Waals surface area contributed by atoms with Crippen LogP contribution in [0.3, 0.4) is 0 Å². The summed E-state index contributed by atoms with van der Waals surface area (Å²) in [6.07, 6.45) is 4.30. The molecule has 19 heavy (non-hydrogen) atoms. The molecule has 0 unspecified atom stereocenters. The number of nitrogens with one attached hydrogen (secondary N) is 1. The molecular formula is C14H18Cl2N2O. The van der Waals surface area contributed by atoms with E-state index in [1.165, 1.54) is 19.3 Å². The largest absolute Gasteiger partial charge is 0.326 e. The zero-order valence-corrected chi connectivity index (χ0v) is 12.3. The maximum absolute atomic E-state index is 11.9. The van der Waals surface area contributed by atoms with Gasteiger partial charge < -0.3 is 10.2 Å². The third-order valence-corrected chi connectivity index (χ3v) is 3.69. The highest BCUT2D eigenvalue weighted by Crippen LogP contribution is 2.22. The second kappa shape index (κ2) is 7.13. The Labute approximate surface area is 123 Å². The first-order valence-electron chi connectivity index (χ1n) is 6.62. The van der Waals surface area contributed by atoms with Crippen molar-refractivity contribution in [3.63, 3.8) is 0 Å². The molecule has 1 aliphatic rings. The van der Waals surface area contributed by atoms with Crippen LogP contribution in [0.15, 0.2) is 18.2 Å². The number of carbonyl (C=O) groups is 1. The van der Waals surface area contributed by atoms with Crippen LogP contribution in [0.5, 0.6) is 0 Å². The Hall–Kier alpha value is -0.770. The van der Waals surface area contributed by atoms with Gasteiger partial charge in [0.15, 0.2) is 0 Å². The van der Waals surface area contributed by atoms with Gasteiger partial charge in [-0.2, -0.15) is 0 Å². The van der Waals surface area contributed by atoms with Crippen LogP contribution in [-0.2, 0) is 4.79 Å². The first kappa shape index (κ1) is 14.6. The fraction of sp³-hybridized carbons (Fsp3) is 0.500. The molecule has 1 aromatic carbocycles. The van der Waals surface area contributed by atoms with E-state index in [4.69, 9.17) is 23.2 Å². The highest BCUT2D eigenvalue weighted by Gasteiger charge is 2.12. The molecule has 2 rings (SSSR count). The average Bonchev–Trinajstić information content (AvgIpc) is 2.36. The van der Waals surface area contributed by atoms with E-state index < -0.39 is 0 Å². The normalized spacial score (nSPS) is 16.3. The SMILES string of the molecule is O=C(CCN1CCCCC1)Nc1cc(Cl)cc(Cl)c1. The predicted octanol–water partition coefficient (Wildman–Crippen LogP) is 3.81. The van der Waals surface area contributed by atoms with E-state index in [-0.39, 0.29) is 5.91 Å². The summed E-state index contributed by atoms with van der Waals surface area (Å²) in [5, 5.41) is 3.88. The standard InChI is InChI=1S/C14H18Cl2N2O/c15-11-8-12(16)10-13(9-11)17-14(19)4-7-18-5-2-1-3-6-18/h8-10H,1-7H2,(H,17,19). The molecule has 3 nitrogen and oxygen atoms in total. The van der Waals surface area contributed by atoms with Gasteiger partial charge in [-0.3, -0.25) is 4.79 Å². The van der Waals surface area contributed by atoms with Crippen LogP contribution in [0.1, 0.15) is 25.7 Å². The smallest absolute Gasteiger partial charge is 0.225 e. The monoisotopic (exact) mass is 300 g/mol. The lowest BCUT2D eigenvalue weighted by Crippen LogP contribution is -2.32. The van der Waals surface area contributed by atoms with Crippen LogP contribution in [0.25, 0.3) is 0 Å². The Morgan fingerprint density at radius 3 is 2.37 bits per heavy atom. The van der Waals surface area contributed by atoms with Crippen molar-refractivity contribution in [1.82, 2.24) is 4.90 Å². The molecule has 0 spiro atoms. The number of hydrogen-bond acceptors (Lipinski definition) is 2. The lowest BCUT2D eigenvalue weighted by Gasteiger charge is -2.25. The zero-order valence-electron chi connectivity index (χ0n) is 10.8. The number of hydrogen-bond donors (Lipinski definition) is 1. The first-order valence-corrected chi connectivity index (χ1v) is 7.37. The number of rotatable bonds is 4. The molecule has 1 heterocycles. The lowest BCUT2D eigenvalue weighted by atomic mass is 10.1. The van der Waals surface area contributed by atoms with Crippen LogP contribution in [0, 0.1) is 0 Å². The number of likely N-dealkylation sites (tertiary alicyclic amines) is 1. The molecule has 0 aromatic heterocycles. The number of nitrogens with zero attached hydrogens (tertiary/aromatic N) is 1. The van der Waals surface area contributed by atoms with Crippen LogP contribution >= 0.6 is 23.2 Å².